The van der Waals surface area contributed by atoms with Crippen LogP contribution in [-0.2, 0) is 4.79 Å². The van der Waals surface area contributed by atoms with Gasteiger partial charge in [-0.1, -0.05) is 61.2 Å². The first kappa shape index (κ1) is 20.7. The Morgan fingerprint density at radius 3 is 2.57 bits per heavy atom. The number of nitrogens with zero attached hydrogens (tertiary/aromatic N) is 1. The van der Waals surface area contributed by atoms with Crippen molar-refractivity contribution in [3.05, 3.63) is 108 Å². The van der Waals surface area contributed by atoms with Crippen LogP contribution in [0.4, 0.5) is 0 Å². The van der Waals surface area contributed by atoms with Crippen LogP contribution in [-0.4, -0.2) is 22.2 Å². The SMILES string of the molecule is C=C\C=C/C(C(=C\C)/NC=O)=C(/C)c1nc2ccc(C(=O)c3ccccc3)cc2[nH]1. The first-order valence-corrected chi connectivity index (χ1v) is 9.55. The van der Waals surface area contributed by atoms with Crippen molar-refractivity contribution in [1.29, 1.82) is 0 Å². The molecule has 0 saturated heterocycles. The normalized spacial score (nSPS) is 12.7. The highest BCUT2D eigenvalue weighted by atomic mass is 16.1. The number of carbonyl (C=O) groups excluding carboxylic acids is 2. The van der Waals surface area contributed by atoms with E-state index in [1.807, 2.05) is 56.3 Å². The van der Waals surface area contributed by atoms with Gasteiger partial charge in [0.15, 0.2) is 5.78 Å². The van der Waals surface area contributed by atoms with E-state index in [-0.39, 0.29) is 5.78 Å². The molecule has 0 aliphatic carbocycles. The van der Waals surface area contributed by atoms with Gasteiger partial charge in [-0.3, -0.25) is 9.59 Å². The molecule has 5 nitrogen and oxygen atoms in total. The Bertz CT molecular complexity index is 1180. The molecule has 0 radical (unpaired) electrons. The zero-order valence-electron chi connectivity index (χ0n) is 17.0. The maximum absolute atomic E-state index is 12.7. The van der Waals surface area contributed by atoms with Crippen LogP contribution in [0, 0.1) is 0 Å². The summed E-state index contributed by atoms with van der Waals surface area (Å²) in [5.74, 6) is 0.618. The minimum absolute atomic E-state index is 0.0399. The maximum Gasteiger partial charge on any atom is 0.211 e. The lowest BCUT2D eigenvalue weighted by atomic mass is 10.0. The molecule has 3 rings (SSSR count). The van der Waals surface area contributed by atoms with E-state index in [1.165, 1.54) is 0 Å². The predicted molar refractivity (Wildman–Crippen MR) is 121 cm³/mol. The predicted octanol–water partition coefficient (Wildman–Crippen LogP) is 4.96. The van der Waals surface area contributed by atoms with E-state index in [1.54, 1.807) is 30.4 Å². The van der Waals surface area contributed by atoms with Gasteiger partial charge >= 0.3 is 0 Å². The highest BCUT2D eigenvalue weighted by Gasteiger charge is 2.14. The Labute approximate surface area is 175 Å². The molecule has 3 aromatic rings. The third kappa shape index (κ3) is 4.36. The number of fused-ring (bicyclic) bond motifs is 1. The number of allylic oxidation sites excluding steroid dienone is 5. The molecule has 0 bridgehead atoms. The van der Waals surface area contributed by atoms with Gasteiger partial charge in [0.25, 0.3) is 0 Å². The van der Waals surface area contributed by atoms with Crippen LogP contribution in [0.15, 0.2) is 90.7 Å². The topological polar surface area (TPSA) is 74.8 Å². The van der Waals surface area contributed by atoms with Gasteiger partial charge in [-0.15, -0.1) is 0 Å². The quantitative estimate of drug-likeness (QED) is 0.320. The molecular formula is C25H23N3O2. The Morgan fingerprint density at radius 2 is 1.90 bits per heavy atom. The second-order valence-electron chi connectivity index (χ2n) is 6.61. The average molecular weight is 397 g/mol. The van der Waals surface area contributed by atoms with Crippen molar-refractivity contribution in [2.45, 2.75) is 13.8 Å². The van der Waals surface area contributed by atoms with Crippen LogP contribution < -0.4 is 5.32 Å². The Balaban J connectivity index is 2.06. The second-order valence-corrected chi connectivity index (χ2v) is 6.61. The Kier molecular flexibility index (Phi) is 6.55. The lowest BCUT2D eigenvalue weighted by molar-refractivity contribution is -0.108. The third-order valence-electron chi connectivity index (χ3n) is 4.73. The molecule has 0 aliphatic heterocycles. The Morgan fingerprint density at radius 1 is 1.13 bits per heavy atom. The summed E-state index contributed by atoms with van der Waals surface area (Å²) >= 11 is 0. The largest absolute Gasteiger partial charge is 0.338 e. The van der Waals surface area contributed by atoms with Crippen LogP contribution in [0.25, 0.3) is 16.6 Å². The molecule has 0 fully saturated rings. The molecule has 0 unspecified atom stereocenters. The van der Waals surface area contributed by atoms with Crippen LogP contribution >= 0.6 is 0 Å². The summed E-state index contributed by atoms with van der Waals surface area (Å²) in [4.78, 5) is 31.7. The smallest absolute Gasteiger partial charge is 0.211 e. The van der Waals surface area contributed by atoms with Gasteiger partial charge in [-0.2, -0.15) is 0 Å². The number of benzene rings is 2. The van der Waals surface area contributed by atoms with Gasteiger partial charge < -0.3 is 10.3 Å². The van der Waals surface area contributed by atoms with Gasteiger partial charge in [0, 0.05) is 28.0 Å². The number of amides is 1. The van der Waals surface area contributed by atoms with Crippen LogP contribution in [0.2, 0.25) is 0 Å². The van der Waals surface area contributed by atoms with Gasteiger partial charge in [-0.05, 0) is 32.0 Å². The summed E-state index contributed by atoms with van der Waals surface area (Å²) in [5, 5.41) is 2.72. The van der Waals surface area contributed by atoms with Gasteiger partial charge in [0.05, 0.1) is 11.0 Å². The van der Waals surface area contributed by atoms with Crippen LogP contribution in [0.5, 0.6) is 0 Å². The van der Waals surface area contributed by atoms with Gasteiger partial charge in [0.2, 0.25) is 6.41 Å². The van der Waals surface area contributed by atoms with E-state index >= 15 is 0 Å². The molecule has 30 heavy (non-hydrogen) atoms. The number of imidazole rings is 1. The van der Waals surface area contributed by atoms with E-state index in [2.05, 4.69) is 21.9 Å². The zero-order valence-corrected chi connectivity index (χ0v) is 17.0. The van der Waals surface area contributed by atoms with E-state index in [4.69, 9.17) is 0 Å². The molecule has 1 heterocycles. The number of aromatic amines is 1. The molecule has 0 atom stereocenters. The summed E-state index contributed by atoms with van der Waals surface area (Å²) in [5.41, 5.74) is 5.08. The lowest BCUT2D eigenvalue weighted by Crippen LogP contribution is -2.12. The van der Waals surface area contributed by atoms with E-state index in [9.17, 15) is 9.59 Å². The highest BCUT2D eigenvalue weighted by molar-refractivity contribution is 6.10. The minimum atomic E-state index is -0.0399. The van der Waals surface area contributed by atoms with Gasteiger partial charge in [0.1, 0.15) is 5.82 Å². The monoisotopic (exact) mass is 397 g/mol. The number of hydrogen-bond acceptors (Lipinski definition) is 3. The number of H-pyrrole nitrogens is 1. The van der Waals surface area contributed by atoms with Crippen molar-refractivity contribution >= 4 is 28.8 Å². The molecule has 0 saturated carbocycles. The van der Waals surface area contributed by atoms with Crippen molar-refractivity contribution in [2.75, 3.05) is 0 Å². The molecule has 1 aromatic heterocycles. The molecule has 5 heteroatoms. The minimum Gasteiger partial charge on any atom is -0.338 e. The summed E-state index contributed by atoms with van der Waals surface area (Å²) in [6.07, 6.45) is 7.80. The molecule has 0 aliphatic rings. The Hall–Kier alpha value is -3.99. The zero-order chi connectivity index (χ0) is 21.5. The van der Waals surface area contributed by atoms with E-state index < -0.39 is 0 Å². The van der Waals surface area contributed by atoms with E-state index in [0.717, 1.165) is 22.2 Å². The molecule has 150 valence electrons. The molecular weight excluding hydrogens is 374 g/mol. The lowest BCUT2D eigenvalue weighted by Gasteiger charge is -2.10. The molecule has 2 N–H and O–H groups in total. The van der Waals surface area contributed by atoms with Crippen LogP contribution in [0.1, 0.15) is 35.6 Å². The summed E-state index contributed by atoms with van der Waals surface area (Å²) in [7, 11) is 0. The van der Waals surface area contributed by atoms with Crippen molar-refractivity contribution < 1.29 is 9.59 Å². The fourth-order valence-corrected chi connectivity index (χ4v) is 3.17. The number of carbonyl (C=O) groups is 2. The average Bonchev–Trinajstić information content (AvgIpc) is 3.21. The number of nitrogens with one attached hydrogen (secondary N) is 2. The van der Waals surface area contributed by atoms with Crippen molar-refractivity contribution in [1.82, 2.24) is 15.3 Å². The first-order chi connectivity index (χ1) is 14.6. The van der Waals surface area contributed by atoms with Crippen molar-refractivity contribution in [2.24, 2.45) is 0 Å². The van der Waals surface area contributed by atoms with E-state index in [0.29, 0.717) is 29.1 Å². The first-order valence-electron chi connectivity index (χ1n) is 9.55. The van der Waals surface area contributed by atoms with Crippen molar-refractivity contribution in [3.63, 3.8) is 0 Å². The number of ketones is 1. The fourth-order valence-electron chi connectivity index (χ4n) is 3.17. The molecule has 2 aromatic carbocycles. The van der Waals surface area contributed by atoms with Crippen molar-refractivity contribution in [3.8, 4) is 0 Å². The fraction of sp³-hybridized carbons (Fsp3) is 0.0800. The maximum atomic E-state index is 12.7. The number of rotatable bonds is 8. The third-order valence-corrected chi connectivity index (χ3v) is 4.73. The summed E-state index contributed by atoms with van der Waals surface area (Å²) in [6, 6.07) is 14.6. The molecule has 0 spiro atoms. The highest BCUT2D eigenvalue weighted by Crippen LogP contribution is 2.25. The number of hydrogen-bond donors (Lipinski definition) is 2. The summed E-state index contributed by atoms with van der Waals surface area (Å²) in [6.45, 7) is 7.48. The molecule has 1 amide bonds. The summed E-state index contributed by atoms with van der Waals surface area (Å²) < 4.78 is 0. The second kappa shape index (κ2) is 9.47. The number of aromatic nitrogens is 2. The van der Waals surface area contributed by atoms with Gasteiger partial charge in [-0.25, -0.2) is 4.98 Å². The van der Waals surface area contributed by atoms with Crippen LogP contribution in [0.3, 0.4) is 0 Å². The standard InChI is InChI=1S/C25H23N3O2/c1-4-6-12-20(21(5-2)26-16-29)17(3)25-27-22-14-13-19(15-23(22)28-25)24(30)18-10-8-7-9-11-18/h4-16H,1H2,2-3H3,(H,26,29)(H,27,28)/b12-6-,20-17+,21-5+.